The highest BCUT2D eigenvalue weighted by Gasteiger charge is 2.28. The molecule has 6 N–H and O–H groups in total. The first-order valence-electron chi connectivity index (χ1n) is 4.88. The minimum absolute atomic E-state index is 0.318. The van der Waals surface area contributed by atoms with Crippen LogP contribution in [0.2, 0.25) is 0 Å². The van der Waals surface area contributed by atoms with Crippen molar-refractivity contribution >= 4 is 6.16 Å². The Bertz CT molecular complexity index is 157. The van der Waals surface area contributed by atoms with Crippen LogP contribution in [0.3, 0.4) is 0 Å². The van der Waals surface area contributed by atoms with Crippen LogP contribution in [0.4, 0.5) is 4.79 Å². The third kappa shape index (κ3) is 5.04. The summed E-state index contributed by atoms with van der Waals surface area (Å²) in [6.45, 7) is 1.56. The zero-order valence-corrected chi connectivity index (χ0v) is 8.41. The lowest BCUT2D eigenvalue weighted by Crippen LogP contribution is -2.39. The molecule has 0 aromatic rings. The van der Waals surface area contributed by atoms with Gasteiger partial charge in [0.1, 0.15) is 0 Å². The Morgan fingerprint density at radius 2 is 1.43 bits per heavy atom. The molecule has 0 aromatic heterocycles. The van der Waals surface area contributed by atoms with Crippen molar-refractivity contribution in [3.05, 3.63) is 0 Å². The van der Waals surface area contributed by atoms with Gasteiger partial charge in [0, 0.05) is 0 Å². The van der Waals surface area contributed by atoms with Crippen LogP contribution in [0.1, 0.15) is 32.1 Å². The maximum atomic E-state index is 8.56. The molecule has 14 heavy (non-hydrogen) atoms. The number of rotatable bonds is 2. The van der Waals surface area contributed by atoms with Crippen molar-refractivity contribution in [1.82, 2.24) is 0 Å². The Morgan fingerprint density at radius 3 is 1.64 bits per heavy atom. The highest BCUT2D eigenvalue weighted by atomic mass is 16.6. The molecule has 1 rings (SSSR count). The van der Waals surface area contributed by atoms with E-state index < -0.39 is 6.16 Å². The summed E-state index contributed by atoms with van der Waals surface area (Å²) in [5, 5.41) is 13.9. The molecule has 0 radical (unpaired) electrons. The van der Waals surface area contributed by atoms with Crippen molar-refractivity contribution in [2.24, 2.45) is 16.9 Å². The van der Waals surface area contributed by atoms with E-state index in [-0.39, 0.29) is 0 Å². The zero-order chi connectivity index (χ0) is 11.0. The van der Waals surface area contributed by atoms with Crippen molar-refractivity contribution in [3.63, 3.8) is 0 Å². The first-order valence-corrected chi connectivity index (χ1v) is 4.88. The maximum absolute atomic E-state index is 8.56. The molecule has 1 aliphatic rings. The van der Waals surface area contributed by atoms with Crippen LogP contribution in [-0.4, -0.2) is 29.5 Å². The summed E-state index contributed by atoms with van der Waals surface area (Å²) in [6, 6.07) is 0. The molecule has 0 amide bonds. The quantitative estimate of drug-likeness (QED) is 0.538. The summed E-state index contributed by atoms with van der Waals surface area (Å²) in [7, 11) is 0. The van der Waals surface area contributed by atoms with Gasteiger partial charge in [-0.15, -0.1) is 0 Å². The monoisotopic (exact) mass is 204 g/mol. The molecule has 1 saturated carbocycles. The van der Waals surface area contributed by atoms with Gasteiger partial charge < -0.3 is 21.7 Å². The van der Waals surface area contributed by atoms with Crippen molar-refractivity contribution < 1.29 is 15.0 Å². The maximum Gasteiger partial charge on any atom is 0.503 e. The lowest BCUT2D eigenvalue weighted by Gasteiger charge is -2.34. The number of carboxylic acid groups (broad SMARTS) is 2. The topological polar surface area (TPSA) is 110 Å². The molecule has 1 fully saturated rings. The Hall–Kier alpha value is -0.810. The van der Waals surface area contributed by atoms with Crippen molar-refractivity contribution in [2.75, 3.05) is 13.1 Å². The minimum Gasteiger partial charge on any atom is -0.450 e. The molecule has 0 aliphatic heterocycles. The van der Waals surface area contributed by atoms with Crippen LogP contribution in [0.15, 0.2) is 0 Å². The van der Waals surface area contributed by atoms with Gasteiger partial charge in [0.25, 0.3) is 0 Å². The van der Waals surface area contributed by atoms with Crippen LogP contribution in [0, 0.1) is 5.41 Å². The molecule has 0 heterocycles. The van der Waals surface area contributed by atoms with E-state index in [0.29, 0.717) is 5.41 Å². The number of nitrogens with two attached hydrogens (primary N) is 2. The Kier molecular flexibility index (Phi) is 6.23. The highest BCUT2D eigenvalue weighted by molar-refractivity contribution is 5.53. The fourth-order valence-electron chi connectivity index (χ4n) is 1.79. The van der Waals surface area contributed by atoms with Gasteiger partial charge in [0.15, 0.2) is 0 Å². The molecule has 84 valence electrons. The molecule has 5 nitrogen and oxygen atoms in total. The number of carbonyl (C=O) groups is 1. The van der Waals surface area contributed by atoms with Crippen LogP contribution in [0.5, 0.6) is 0 Å². The number of hydrogen-bond acceptors (Lipinski definition) is 3. The lowest BCUT2D eigenvalue weighted by atomic mass is 9.74. The summed E-state index contributed by atoms with van der Waals surface area (Å²) in [4.78, 5) is 8.56. The highest BCUT2D eigenvalue weighted by Crippen LogP contribution is 2.33. The fourth-order valence-corrected chi connectivity index (χ4v) is 1.79. The molecule has 5 heteroatoms. The summed E-state index contributed by atoms with van der Waals surface area (Å²) < 4.78 is 0. The van der Waals surface area contributed by atoms with Gasteiger partial charge in [0.2, 0.25) is 0 Å². The predicted molar refractivity (Wildman–Crippen MR) is 54.3 cm³/mol. The smallest absolute Gasteiger partial charge is 0.450 e. The van der Waals surface area contributed by atoms with Crippen LogP contribution in [-0.2, 0) is 0 Å². The van der Waals surface area contributed by atoms with Crippen molar-refractivity contribution in [2.45, 2.75) is 32.1 Å². The van der Waals surface area contributed by atoms with E-state index in [2.05, 4.69) is 0 Å². The van der Waals surface area contributed by atoms with E-state index in [9.17, 15) is 0 Å². The van der Waals surface area contributed by atoms with Crippen LogP contribution >= 0.6 is 0 Å². The second-order valence-electron chi connectivity index (χ2n) is 3.75. The molecule has 0 aromatic carbocycles. The molecule has 0 atom stereocenters. The van der Waals surface area contributed by atoms with E-state index in [1.165, 1.54) is 32.1 Å². The SMILES string of the molecule is NCC1(CN)CCCCC1.O=C(O)O. The lowest BCUT2D eigenvalue weighted by molar-refractivity contribution is 0.137. The van der Waals surface area contributed by atoms with E-state index in [4.69, 9.17) is 26.5 Å². The standard InChI is InChI=1S/C8H18N2.CH2O3/c9-6-8(7-10)4-2-1-3-5-8;2-1(3)4/h1-7,9-10H2;(H2,2,3,4). The Balaban J connectivity index is 0.000000364. The Labute approximate surface area is 84.1 Å². The van der Waals surface area contributed by atoms with E-state index >= 15 is 0 Å². The first-order chi connectivity index (χ1) is 6.56. The largest absolute Gasteiger partial charge is 0.503 e. The summed E-state index contributed by atoms with van der Waals surface area (Å²) in [5.74, 6) is 0. The molecular formula is C9H20N2O3. The predicted octanol–water partition coefficient (Wildman–Crippen LogP) is 1.08. The van der Waals surface area contributed by atoms with Gasteiger partial charge in [-0.05, 0) is 31.3 Å². The molecule has 0 bridgehead atoms. The van der Waals surface area contributed by atoms with Gasteiger partial charge in [-0.2, -0.15) is 0 Å². The normalized spacial score (nSPS) is 19.3. The van der Waals surface area contributed by atoms with E-state index in [1.54, 1.807) is 0 Å². The van der Waals surface area contributed by atoms with Gasteiger partial charge in [0.05, 0.1) is 0 Å². The minimum atomic E-state index is -1.83. The molecular weight excluding hydrogens is 184 g/mol. The number of hydrogen-bond donors (Lipinski definition) is 4. The molecule has 0 saturated heterocycles. The second-order valence-corrected chi connectivity index (χ2v) is 3.75. The van der Waals surface area contributed by atoms with E-state index in [1.807, 2.05) is 0 Å². The average molecular weight is 204 g/mol. The molecule has 0 unspecified atom stereocenters. The Morgan fingerprint density at radius 1 is 1.07 bits per heavy atom. The average Bonchev–Trinajstić information content (AvgIpc) is 2.18. The fraction of sp³-hybridized carbons (Fsp3) is 0.889. The summed E-state index contributed by atoms with van der Waals surface area (Å²) >= 11 is 0. The zero-order valence-electron chi connectivity index (χ0n) is 8.41. The molecule has 0 spiro atoms. The first kappa shape index (κ1) is 13.2. The molecule has 1 aliphatic carbocycles. The third-order valence-corrected chi connectivity index (χ3v) is 2.78. The van der Waals surface area contributed by atoms with Gasteiger partial charge >= 0.3 is 6.16 Å². The second kappa shape index (κ2) is 6.62. The van der Waals surface area contributed by atoms with Crippen molar-refractivity contribution in [1.29, 1.82) is 0 Å². The third-order valence-electron chi connectivity index (χ3n) is 2.78. The van der Waals surface area contributed by atoms with Gasteiger partial charge in [-0.3, -0.25) is 0 Å². The van der Waals surface area contributed by atoms with Gasteiger partial charge in [-0.25, -0.2) is 4.79 Å². The van der Waals surface area contributed by atoms with Gasteiger partial charge in [-0.1, -0.05) is 19.3 Å². The van der Waals surface area contributed by atoms with E-state index in [0.717, 1.165) is 13.1 Å². The van der Waals surface area contributed by atoms with Crippen LogP contribution < -0.4 is 11.5 Å². The summed E-state index contributed by atoms with van der Waals surface area (Å²) in [5.41, 5.74) is 11.7. The van der Waals surface area contributed by atoms with Crippen molar-refractivity contribution in [3.8, 4) is 0 Å². The van der Waals surface area contributed by atoms with Crippen LogP contribution in [0.25, 0.3) is 0 Å². The summed E-state index contributed by atoms with van der Waals surface area (Å²) in [6.07, 6.45) is 4.70.